The summed E-state index contributed by atoms with van der Waals surface area (Å²) in [6, 6.07) is 10.7. The van der Waals surface area contributed by atoms with Gasteiger partial charge in [0.1, 0.15) is 6.04 Å². The zero-order chi connectivity index (χ0) is 13.9. The molecule has 1 aliphatic heterocycles. The Kier molecular flexibility index (Phi) is 4.03. The Morgan fingerprint density at radius 2 is 2.05 bits per heavy atom. The van der Waals surface area contributed by atoms with Crippen LogP contribution in [0, 0.1) is 5.92 Å². The zero-order valence-corrected chi connectivity index (χ0v) is 11.9. The maximum Gasteiger partial charge on any atom is 0.238 e. The molecule has 4 heteroatoms. The second kappa shape index (κ2) is 5.94. The van der Waals surface area contributed by atoms with Crippen molar-refractivity contribution in [2.45, 2.75) is 44.2 Å². The van der Waals surface area contributed by atoms with Crippen molar-refractivity contribution in [1.82, 2.24) is 16.2 Å². The fraction of sp³-hybridized carbons (Fsp3) is 0.562. The van der Waals surface area contributed by atoms with E-state index < -0.39 is 0 Å². The molecule has 1 saturated carbocycles. The molecule has 1 aliphatic carbocycles. The van der Waals surface area contributed by atoms with Crippen LogP contribution in [-0.2, 0) is 4.79 Å². The second-order valence-electron chi connectivity index (χ2n) is 6.08. The molecule has 0 bridgehead atoms. The van der Waals surface area contributed by atoms with Crippen LogP contribution in [0.2, 0.25) is 0 Å². The molecule has 4 nitrogen and oxygen atoms in total. The van der Waals surface area contributed by atoms with Crippen LogP contribution in [0.5, 0.6) is 0 Å². The lowest BCUT2D eigenvalue weighted by Gasteiger charge is -2.15. The van der Waals surface area contributed by atoms with Crippen molar-refractivity contribution in [3.05, 3.63) is 35.9 Å². The average Bonchev–Trinajstić information content (AvgIpc) is 3.22. The predicted octanol–water partition coefficient (Wildman–Crippen LogP) is 1.55. The van der Waals surface area contributed by atoms with E-state index in [-0.39, 0.29) is 11.9 Å². The number of hydrogen-bond donors (Lipinski definition) is 3. The Hall–Kier alpha value is -1.39. The lowest BCUT2D eigenvalue weighted by atomic mass is 10.0. The highest BCUT2D eigenvalue weighted by atomic mass is 16.2. The molecule has 1 aromatic rings. The highest BCUT2D eigenvalue weighted by Gasteiger charge is 2.38. The summed E-state index contributed by atoms with van der Waals surface area (Å²) in [5.74, 6) is 1.24. The number of hydrazine groups is 1. The molecule has 0 radical (unpaired) electrons. The largest absolute Gasteiger partial charge is 0.354 e. The molecule has 1 aromatic carbocycles. The van der Waals surface area contributed by atoms with E-state index in [1.807, 2.05) is 18.2 Å². The summed E-state index contributed by atoms with van der Waals surface area (Å²) in [5, 5.41) is 3.06. The van der Waals surface area contributed by atoms with E-state index in [9.17, 15) is 4.79 Å². The molecule has 3 atom stereocenters. The van der Waals surface area contributed by atoms with Crippen molar-refractivity contribution in [1.29, 1.82) is 0 Å². The van der Waals surface area contributed by atoms with Gasteiger partial charge in [0.05, 0.1) is 0 Å². The first-order valence-corrected chi connectivity index (χ1v) is 7.57. The minimum absolute atomic E-state index is 0.0800. The minimum atomic E-state index is -0.0800. The molecular weight excluding hydrogens is 250 g/mol. The van der Waals surface area contributed by atoms with Crippen molar-refractivity contribution in [2.75, 3.05) is 6.54 Å². The van der Waals surface area contributed by atoms with Gasteiger partial charge in [0, 0.05) is 12.6 Å². The van der Waals surface area contributed by atoms with Crippen LogP contribution in [-0.4, -0.2) is 24.5 Å². The average molecular weight is 273 g/mol. The number of nitrogens with one attached hydrogen (secondary N) is 3. The van der Waals surface area contributed by atoms with Crippen LogP contribution >= 0.6 is 0 Å². The fourth-order valence-electron chi connectivity index (χ4n) is 2.84. The van der Waals surface area contributed by atoms with E-state index in [0.717, 1.165) is 12.3 Å². The number of carbonyl (C=O) groups excluding carboxylic acids is 1. The lowest BCUT2D eigenvalue weighted by molar-refractivity contribution is -0.122. The monoisotopic (exact) mass is 273 g/mol. The van der Waals surface area contributed by atoms with E-state index in [4.69, 9.17) is 0 Å². The molecule has 3 rings (SSSR count). The smallest absolute Gasteiger partial charge is 0.238 e. The Morgan fingerprint density at radius 3 is 2.75 bits per heavy atom. The van der Waals surface area contributed by atoms with Gasteiger partial charge in [-0.3, -0.25) is 10.2 Å². The van der Waals surface area contributed by atoms with Crippen molar-refractivity contribution in [3.8, 4) is 0 Å². The molecule has 20 heavy (non-hydrogen) atoms. The number of benzene rings is 1. The number of hydrogen-bond acceptors (Lipinski definition) is 3. The van der Waals surface area contributed by atoms with Crippen molar-refractivity contribution in [3.63, 3.8) is 0 Å². The zero-order valence-electron chi connectivity index (χ0n) is 11.9. The Labute approximate surface area is 120 Å². The first-order valence-electron chi connectivity index (χ1n) is 7.57. The van der Waals surface area contributed by atoms with E-state index in [2.05, 4.69) is 35.2 Å². The van der Waals surface area contributed by atoms with Gasteiger partial charge in [-0.25, -0.2) is 5.43 Å². The molecule has 1 amide bonds. The van der Waals surface area contributed by atoms with E-state index >= 15 is 0 Å². The van der Waals surface area contributed by atoms with E-state index in [1.165, 1.54) is 18.4 Å². The van der Waals surface area contributed by atoms with Gasteiger partial charge < -0.3 is 5.32 Å². The van der Waals surface area contributed by atoms with Gasteiger partial charge in [0.2, 0.25) is 5.91 Å². The first-order chi connectivity index (χ1) is 9.74. The van der Waals surface area contributed by atoms with Gasteiger partial charge in [-0.2, -0.15) is 0 Å². The lowest BCUT2D eigenvalue weighted by Crippen LogP contribution is -2.44. The van der Waals surface area contributed by atoms with Gasteiger partial charge >= 0.3 is 0 Å². The third kappa shape index (κ3) is 3.19. The number of rotatable bonds is 5. The van der Waals surface area contributed by atoms with Crippen molar-refractivity contribution < 1.29 is 4.79 Å². The highest BCUT2D eigenvalue weighted by molar-refractivity contribution is 5.82. The Bertz CT molecular complexity index is 458. The van der Waals surface area contributed by atoms with Crippen molar-refractivity contribution >= 4 is 5.91 Å². The minimum Gasteiger partial charge on any atom is -0.354 e. The summed E-state index contributed by atoms with van der Waals surface area (Å²) >= 11 is 0. The van der Waals surface area contributed by atoms with E-state index in [0.29, 0.717) is 18.5 Å². The second-order valence-corrected chi connectivity index (χ2v) is 6.08. The molecule has 0 spiro atoms. The van der Waals surface area contributed by atoms with Crippen LogP contribution in [0.15, 0.2) is 30.3 Å². The standard InChI is InChI=1S/C16H23N3O/c1-11(12-5-3-2-4-6-12)10-17-16(20)15-9-14(18-19-15)13-7-8-13/h2-6,11,13-15,18-19H,7-10H2,1H3,(H,17,20). The number of amides is 1. The summed E-state index contributed by atoms with van der Waals surface area (Å²) in [5.41, 5.74) is 7.65. The normalized spacial score (nSPS) is 27.2. The van der Waals surface area contributed by atoms with Crippen LogP contribution in [0.1, 0.15) is 37.7 Å². The Balaban J connectivity index is 1.45. The van der Waals surface area contributed by atoms with Gasteiger partial charge in [0.25, 0.3) is 0 Å². The molecule has 1 saturated heterocycles. The molecule has 3 unspecified atom stereocenters. The maximum atomic E-state index is 12.2. The third-order valence-electron chi connectivity index (χ3n) is 4.39. The van der Waals surface area contributed by atoms with Crippen LogP contribution < -0.4 is 16.2 Å². The Morgan fingerprint density at radius 1 is 1.30 bits per heavy atom. The third-order valence-corrected chi connectivity index (χ3v) is 4.39. The highest BCUT2D eigenvalue weighted by Crippen LogP contribution is 2.35. The number of carbonyl (C=O) groups is 1. The summed E-state index contributed by atoms with van der Waals surface area (Å²) < 4.78 is 0. The quantitative estimate of drug-likeness (QED) is 0.763. The van der Waals surface area contributed by atoms with Gasteiger partial charge in [-0.05, 0) is 36.7 Å². The topological polar surface area (TPSA) is 53.2 Å². The van der Waals surface area contributed by atoms with Gasteiger partial charge in [0.15, 0.2) is 0 Å². The molecule has 2 fully saturated rings. The summed E-state index contributed by atoms with van der Waals surface area (Å²) in [7, 11) is 0. The molecule has 108 valence electrons. The SMILES string of the molecule is CC(CNC(=O)C1CC(C2CC2)NN1)c1ccccc1. The van der Waals surface area contributed by atoms with Crippen LogP contribution in [0.3, 0.4) is 0 Å². The van der Waals surface area contributed by atoms with Gasteiger partial charge in [-0.15, -0.1) is 0 Å². The molecule has 0 aromatic heterocycles. The van der Waals surface area contributed by atoms with Crippen LogP contribution in [0.4, 0.5) is 0 Å². The maximum absolute atomic E-state index is 12.2. The van der Waals surface area contributed by atoms with Crippen LogP contribution in [0.25, 0.3) is 0 Å². The van der Waals surface area contributed by atoms with Gasteiger partial charge in [-0.1, -0.05) is 37.3 Å². The van der Waals surface area contributed by atoms with E-state index in [1.54, 1.807) is 0 Å². The summed E-state index contributed by atoms with van der Waals surface area (Å²) in [6.45, 7) is 2.83. The summed E-state index contributed by atoms with van der Waals surface area (Å²) in [6.07, 6.45) is 3.52. The molecule has 3 N–H and O–H groups in total. The molecule has 2 aliphatic rings. The molecule has 1 heterocycles. The predicted molar refractivity (Wildman–Crippen MR) is 79.1 cm³/mol. The summed E-state index contributed by atoms with van der Waals surface area (Å²) in [4.78, 5) is 12.2. The molecular formula is C16H23N3O. The first kappa shape index (κ1) is 13.6. The van der Waals surface area contributed by atoms with Crippen molar-refractivity contribution in [2.24, 2.45) is 5.92 Å². The fourth-order valence-corrected chi connectivity index (χ4v) is 2.84.